The van der Waals surface area contributed by atoms with Gasteiger partial charge in [-0.05, 0) is 49.2 Å². The maximum absolute atomic E-state index is 12.6. The summed E-state index contributed by atoms with van der Waals surface area (Å²) >= 11 is -0.0934. The first-order valence-corrected chi connectivity index (χ1v) is 9.28. The van der Waals surface area contributed by atoms with Crippen LogP contribution in [0.5, 0.6) is 0 Å². The van der Waals surface area contributed by atoms with Crippen molar-refractivity contribution in [2.75, 3.05) is 11.9 Å². The fraction of sp³-hybridized carbons (Fsp3) is 0.389. The average molecular weight is 393 g/mol. The van der Waals surface area contributed by atoms with Crippen LogP contribution in [0.25, 0.3) is 11.0 Å². The van der Waals surface area contributed by atoms with Crippen LogP contribution >= 0.6 is 11.8 Å². The van der Waals surface area contributed by atoms with E-state index in [2.05, 4.69) is 20.0 Å². The number of aromatic nitrogens is 4. The molecule has 2 aromatic heterocycles. The smallest absolute Gasteiger partial charge is 0.349 e. The van der Waals surface area contributed by atoms with Crippen molar-refractivity contribution >= 4 is 28.6 Å². The second-order valence-corrected chi connectivity index (χ2v) is 7.90. The van der Waals surface area contributed by atoms with Crippen LogP contribution in [0.2, 0.25) is 0 Å². The molecule has 0 aliphatic heterocycles. The van der Waals surface area contributed by atoms with E-state index in [0.717, 1.165) is 35.3 Å². The van der Waals surface area contributed by atoms with Crippen molar-refractivity contribution in [3.8, 4) is 0 Å². The van der Waals surface area contributed by atoms with Gasteiger partial charge in [-0.25, -0.2) is 9.97 Å². The molecule has 0 spiro atoms. The maximum atomic E-state index is 12.6. The number of thioether (sulfide) groups is 1. The Labute approximate surface area is 158 Å². The number of fused-ring (bicyclic) bond motifs is 1. The molecular weight excluding hydrogens is 375 g/mol. The van der Waals surface area contributed by atoms with Gasteiger partial charge in [0, 0.05) is 19.0 Å². The van der Waals surface area contributed by atoms with Gasteiger partial charge in [0.15, 0.2) is 5.65 Å². The third-order valence-corrected chi connectivity index (χ3v) is 5.73. The molecular formula is C18H18F3N5S. The minimum absolute atomic E-state index is 0.0934. The molecule has 27 heavy (non-hydrogen) atoms. The second-order valence-electron chi connectivity index (χ2n) is 6.76. The summed E-state index contributed by atoms with van der Waals surface area (Å²) in [5.74, 6) is 1.44. The monoisotopic (exact) mass is 393 g/mol. The Morgan fingerprint density at radius 1 is 1.15 bits per heavy atom. The molecule has 0 atom stereocenters. The molecule has 0 N–H and O–H groups in total. The summed E-state index contributed by atoms with van der Waals surface area (Å²) in [4.78, 5) is 11.4. The van der Waals surface area contributed by atoms with E-state index in [0.29, 0.717) is 5.82 Å². The van der Waals surface area contributed by atoms with E-state index in [1.54, 1.807) is 23.0 Å². The van der Waals surface area contributed by atoms with Crippen molar-refractivity contribution in [1.82, 2.24) is 19.7 Å². The maximum Gasteiger partial charge on any atom is 0.446 e. The number of halogens is 3. The van der Waals surface area contributed by atoms with Gasteiger partial charge in [-0.1, -0.05) is 12.1 Å². The minimum Gasteiger partial charge on any atom is -0.349 e. The highest BCUT2D eigenvalue weighted by atomic mass is 32.2. The van der Waals surface area contributed by atoms with Gasteiger partial charge in [-0.3, -0.25) is 4.68 Å². The molecule has 2 heterocycles. The standard InChI is InChI=1S/C18H18F3N5S/c1-11-23-15(14-10-22-26(3)16(14)24-11)25(2)17(8-9-17)12-4-6-13(7-5-12)27-18(19,20)21/h4-7,10H,8-9H2,1-3H3. The van der Waals surface area contributed by atoms with E-state index in [-0.39, 0.29) is 22.2 Å². The van der Waals surface area contributed by atoms with Gasteiger partial charge in [0.1, 0.15) is 11.6 Å². The average Bonchev–Trinajstić information content (AvgIpc) is 3.32. The highest BCUT2D eigenvalue weighted by Crippen LogP contribution is 2.52. The SMILES string of the molecule is Cc1nc(N(C)C2(c3ccc(SC(F)(F)F)cc3)CC2)c2cnn(C)c2n1. The quantitative estimate of drug-likeness (QED) is 0.615. The Morgan fingerprint density at radius 2 is 1.81 bits per heavy atom. The van der Waals surface area contributed by atoms with Crippen LogP contribution in [0, 0.1) is 6.92 Å². The lowest BCUT2D eigenvalue weighted by atomic mass is 10.0. The lowest BCUT2D eigenvalue weighted by Crippen LogP contribution is -2.32. The highest BCUT2D eigenvalue weighted by Gasteiger charge is 2.49. The number of nitrogens with zero attached hydrogens (tertiary/aromatic N) is 5. The van der Waals surface area contributed by atoms with Crippen LogP contribution in [0.15, 0.2) is 35.4 Å². The first kappa shape index (κ1) is 18.1. The second kappa shape index (κ2) is 6.12. The summed E-state index contributed by atoms with van der Waals surface area (Å²) < 4.78 is 39.4. The number of alkyl halides is 3. The van der Waals surface area contributed by atoms with E-state index in [4.69, 9.17) is 0 Å². The molecule has 3 aromatic rings. The lowest BCUT2D eigenvalue weighted by Gasteiger charge is -2.30. The summed E-state index contributed by atoms with van der Waals surface area (Å²) in [5, 5.41) is 5.14. The predicted molar refractivity (Wildman–Crippen MR) is 98.7 cm³/mol. The molecule has 0 bridgehead atoms. The Morgan fingerprint density at radius 3 is 2.41 bits per heavy atom. The van der Waals surface area contributed by atoms with Crippen molar-refractivity contribution < 1.29 is 13.2 Å². The van der Waals surface area contributed by atoms with E-state index in [1.807, 2.05) is 21.0 Å². The molecule has 0 radical (unpaired) electrons. The molecule has 142 valence electrons. The minimum atomic E-state index is -4.28. The largest absolute Gasteiger partial charge is 0.446 e. The summed E-state index contributed by atoms with van der Waals surface area (Å²) in [7, 11) is 3.81. The molecule has 0 amide bonds. The van der Waals surface area contributed by atoms with E-state index >= 15 is 0 Å². The summed E-state index contributed by atoms with van der Waals surface area (Å²) in [6.45, 7) is 1.84. The van der Waals surface area contributed by atoms with Crippen LogP contribution in [0.1, 0.15) is 24.2 Å². The van der Waals surface area contributed by atoms with Crippen molar-refractivity contribution in [2.24, 2.45) is 7.05 Å². The van der Waals surface area contributed by atoms with Gasteiger partial charge in [0.05, 0.1) is 17.1 Å². The summed E-state index contributed by atoms with van der Waals surface area (Å²) in [6, 6.07) is 6.64. The van der Waals surface area contributed by atoms with Crippen molar-refractivity contribution in [3.63, 3.8) is 0 Å². The fourth-order valence-corrected chi connectivity index (χ4v) is 4.01. The van der Waals surface area contributed by atoms with E-state index in [1.165, 1.54) is 12.1 Å². The Bertz CT molecular complexity index is 993. The molecule has 1 aliphatic rings. The van der Waals surface area contributed by atoms with Gasteiger partial charge in [0.25, 0.3) is 0 Å². The van der Waals surface area contributed by atoms with Gasteiger partial charge < -0.3 is 4.90 Å². The normalized spacial score (nSPS) is 15.9. The van der Waals surface area contributed by atoms with Gasteiger partial charge in [0.2, 0.25) is 0 Å². The van der Waals surface area contributed by atoms with Crippen molar-refractivity contribution in [2.45, 2.75) is 35.7 Å². The molecule has 0 saturated heterocycles. The Balaban J connectivity index is 1.69. The van der Waals surface area contributed by atoms with Gasteiger partial charge >= 0.3 is 5.51 Å². The fourth-order valence-electron chi connectivity index (χ4n) is 3.47. The third kappa shape index (κ3) is 3.24. The molecule has 1 aliphatic carbocycles. The third-order valence-electron chi connectivity index (χ3n) is 4.99. The molecule has 1 fully saturated rings. The Hall–Kier alpha value is -2.29. The molecule has 4 rings (SSSR count). The van der Waals surface area contributed by atoms with Crippen molar-refractivity contribution in [1.29, 1.82) is 0 Å². The number of anilines is 1. The van der Waals surface area contributed by atoms with Crippen LogP contribution < -0.4 is 4.90 Å². The number of rotatable bonds is 4. The van der Waals surface area contributed by atoms with Crippen LogP contribution in [0.3, 0.4) is 0 Å². The zero-order valence-electron chi connectivity index (χ0n) is 15.1. The number of aryl methyl sites for hydroxylation is 2. The topological polar surface area (TPSA) is 46.8 Å². The van der Waals surface area contributed by atoms with Crippen LogP contribution in [0.4, 0.5) is 19.0 Å². The zero-order chi connectivity index (χ0) is 19.4. The molecule has 9 heteroatoms. The van der Waals surface area contributed by atoms with E-state index < -0.39 is 5.51 Å². The first-order chi connectivity index (χ1) is 12.7. The molecule has 1 aromatic carbocycles. The Kier molecular flexibility index (Phi) is 4.10. The summed E-state index contributed by atoms with van der Waals surface area (Å²) in [5.41, 5.74) is -2.78. The van der Waals surface area contributed by atoms with Crippen LogP contribution in [-0.4, -0.2) is 32.3 Å². The van der Waals surface area contributed by atoms with Crippen molar-refractivity contribution in [3.05, 3.63) is 41.9 Å². The summed E-state index contributed by atoms with van der Waals surface area (Å²) in [6.07, 6.45) is 3.58. The predicted octanol–water partition coefficient (Wildman–Crippen LogP) is 4.41. The molecule has 0 unspecified atom stereocenters. The van der Waals surface area contributed by atoms with E-state index in [9.17, 15) is 13.2 Å². The van der Waals surface area contributed by atoms with Crippen LogP contribution in [-0.2, 0) is 12.6 Å². The highest BCUT2D eigenvalue weighted by molar-refractivity contribution is 8.00. The van der Waals surface area contributed by atoms with Gasteiger partial charge in [-0.2, -0.15) is 18.3 Å². The number of hydrogen-bond donors (Lipinski definition) is 0. The van der Waals surface area contributed by atoms with Gasteiger partial charge in [-0.15, -0.1) is 0 Å². The number of hydrogen-bond acceptors (Lipinski definition) is 5. The molecule has 5 nitrogen and oxygen atoms in total. The lowest BCUT2D eigenvalue weighted by molar-refractivity contribution is -0.0328. The molecule has 1 saturated carbocycles. The zero-order valence-corrected chi connectivity index (χ0v) is 15.9. The number of benzene rings is 1. The first-order valence-electron chi connectivity index (χ1n) is 8.46.